The Bertz CT molecular complexity index is 1610. The molecule has 0 aliphatic rings. The number of rotatable bonds is 8. The molecule has 0 saturated heterocycles. The van der Waals surface area contributed by atoms with Crippen molar-refractivity contribution in [1.29, 1.82) is 0 Å². The van der Waals surface area contributed by atoms with Crippen LogP contribution >= 0.6 is 0 Å². The first-order chi connectivity index (χ1) is 19.3. The zero-order valence-electron chi connectivity index (χ0n) is 22.0. The molecule has 0 saturated carbocycles. The summed E-state index contributed by atoms with van der Waals surface area (Å²) in [5.74, 6) is 0. The lowest BCUT2D eigenvalue weighted by Crippen LogP contribution is -2.33. The first kappa shape index (κ1) is 24.4. The highest BCUT2D eigenvalue weighted by Gasteiger charge is 2.10. The van der Waals surface area contributed by atoms with Gasteiger partial charge < -0.3 is 0 Å². The van der Waals surface area contributed by atoms with Crippen molar-refractivity contribution >= 4 is 0 Å². The first-order valence-corrected chi connectivity index (χ1v) is 13.4. The minimum absolute atomic E-state index is 0.879. The van der Waals surface area contributed by atoms with E-state index in [0.717, 1.165) is 25.2 Å². The van der Waals surface area contributed by atoms with Gasteiger partial charge in [-0.25, -0.2) is 9.13 Å². The normalized spacial score (nSPS) is 10.9. The fourth-order valence-corrected chi connectivity index (χ4v) is 4.87. The van der Waals surface area contributed by atoms with Crippen molar-refractivity contribution in [3.05, 3.63) is 181 Å². The Balaban J connectivity index is 1.07. The third-order valence-electron chi connectivity index (χ3n) is 7.07. The third kappa shape index (κ3) is 6.34. The topological polar surface area (TPSA) is 11.6 Å². The zero-order valence-corrected chi connectivity index (χ0v) is 22.0. The standard InChI is InChI=1S/C36H32N3/c1-3-7-32(8-4-1)28-37-21-15-31(16-22-37)27-30-11-13-36(14-12-30)39-25-19-35(20-26-39)34-17-23-38(24-18-34)29-33-9-5-2-6-10-33/h1-26H,27-29H2/q+3. The largest absolute Gasteiger partial charge is 0.210 e. The highest BCUT2D eigenvalue weighted by Crippen LogP contribution is 2.17. The molecular formula is C36H32N3+3. The summed E-state index contributed by atoms with van der Waals surface area (Å²) in [6.07, 6.45) is 13.8. The second kappa shape index (κ2) is 11.7. The van der Waals surface area contributed by atoms with Gasteiger partial charge in [0.2, 0.25) is 5.69 Å². The van der Waals surface area contributed by atoms with Crippen LogP contribution in [0.1, 0.15) is 22.3 Å². The predicted octanol–water partition coefficient (Wildman–Crippen LogP) is 5.89. The summed E-state index contributed by atoms with van der Waals surface area (Å²) in [5.41, 5.74) is 8.83. The zero-order chi connectivity index (χ0) is 26.3. The van der Waals surface area contributed by atoms with Crippen LogP contribution in [0.3, 0.4) is 0 Å². The fourth-order valence-electron chi connectivity index (χ4n) is 4.87. The van der Waals surface area contributed by atoms with E-state index in [-0.39, 0.29) is 0 Å². The van der Waals surface area contributed by atoms with Crippen LogP contribution in [-0.4, -0.2) is 0 Å². The number of hydrogen-bond donors (Lipinski definition) is 0. The van der Waals surface area contributed by atoms with Crippen LogP contribution in [-0.2, 0) is 19.5 Å². The molecule has 6 aromatic rings. The maximum atomic E-state index is 2.23. The van der Waals surface area contributed by atoms with Crippen LogP contribution in [0, 0.1) is 0 Å². The van der Waals surface area contributed by atoms with Crippen LogP contribution in [0.25, 0.3) is 16.8 Å². The summed E-state index contributed by atoms with van der Waals surface area (Å²) in [5, 5.41) is 0. The SMILES string of the molecule is c1ccc(C[n+]2ccc(Cc3ccc(-[n+]4ccc(-c5cc[n+](Cc6ccccc6)cc5)cc4)cc3)cc2)cc1. The second-order valence-electron chi connectivity index (χ2n) is 9.95. The van der Waals surface area contributed by atoms with Gasteiger partial charge in [-0.15, -0.1) is 0 Å². The molecule has 39 heavy (non-hydrogen) atoms. The lowest BCUT2D eigenvalue weighted by atomic mass is 10.1. The van der Waals surface area contributed by atoms with E-state index in [1.807, 2.05) is 0 Å². The molecule has 0 aliphatic heterocycles. The van der Waals surface area contributed by atoms with Gasteiger partial charge in [-0.05, 0) is 28.7 Å². The van der Waals surface area contributed by atoms with E-state index in [1.54, 1.807) is 0 Å². The van der Waals surface area contributed by atoms with E-state index >= 15 is 0 Å². The van der Waals surface area contributed by atoms with E-state index in [4.69, 9.17) is 0 Å². The van der Waals surface area contributed by atoms with E-state index in [0.29, 0.717) is 0 Å². The highest BCUT2D eigenvalue weighted by atomic mass is 14.9. The maximum absolute atomic E-state index is 2.23. The molecule has 0 unspecified atom stereocenters. The van der Waals surface area contributed by atoms with Crippen molar-refractivity contribution in [3.8, 4) is 16.8 Å². The molecule has 3 heteroatoms. The Labute approximate surface area is 230 Å². The summed E-state index contributed by atoms with van der Waals surface area (Å²) in [6, 6.07) is 43.1. The van der Waals surface area contributed by atoms with Gasteiger partial charge >= 0.3 is 0 Å². The monoisotopic (exact) mass is 506 g/mol. The number of aromatic nitrogens is 3. The molecule has 188 valence electrons. The molecule has 0 amide bonds. The lowest BCUT2D eigenvalue weighted by Gasteiger charge is -2.04. The van der Waals surface area contributed by atoms with Gasteiger partial charge in [0.05, 0.1) is 0 Å². The molecular weight excluding hydrogens is 474 g/mol. The van der Waals surface area contributed by atoms with Gasteiger partial charge in [0, 0.05) is 59.7 Å². The minimum Gasteiger partial charge on any atom is -0.201 e. The quantitative estimate of drug-likeness (QED) is 0.228. The summed E-state index contributed by atoms with van der Waals surface area (Å²) >= 11 is 0. The van der Waals surface area contributed by atoms with E-state index in [9.17, 15) is 0 Å². The molecule has 0 spiro atoms. The number of hydrogen-bond acceptors (Lipinski definition) is 0. The third-order valence-corrected chi connectivity index (χ3v) is 7.07. The summed E-state index contributed by atoms with van der Waals surface area (Å²) in [4.78, 5) is 0. The molecule has 3 heterocycles. The van der Waals surface area contributed by atoms with Gasteiger partial charge in [0.25, 0.3) is 0 Å². The van der Waals surface area contributed by atoms with Crippen molar-refractivity contribution < 1.29 is 13.7 Å². The van der Waals surface area contributed by atoms with Gasteiger partial charge in [-0.2, -0.15) is 4.57 Å². The molecule has 6 rings (SSSR count). The van der Waals surface area contributed by atoms with Crippen molar-refractivity contribution in [1.82, 2.24) is 0 Å². The minimum atomic E-state index is 0.879. The maximum Gasteiger partial charge on any atom is 0.210 e. The summed E-state index contributed by atoms with van der Waals surface area (Å²) < 4.78 is 6.60. The average molecular weight is 507 g/mol. The molecule has 3 nitrogen and oxygen atoms in total. The Morgan fingerprint density at radius 3 is 1.31 bits per heavy atom. The van der Waals surface area contributed by atoms with Crippen LogP contribution in [0.15, 0.2) is 159 Å². The van der Waals surface area contributed by atoms with Crippen LogP contribution in [0.4, 0.5) is 0 Å². The summed E-state index contributed by atoms with van der Waals surface area (Å²) in [7, 11) is 0. The average Bonchev–Trinajstić information content (AvgIpc) is 3.00. The molecule has 0 bridgehead atoms. The number of nitrogens with zero attached hydrogens (tertiary/aromatic N) is 3. The molecule has 0 N–H and O–H groups in total. The Hall–Kier alpha value is -4.89. The van der Waals surface area contributed by atoms with Gasteiger partial charge in [0.15, 0.2) is 50.3 Å². The van der Waals surface area contributed by atoms with E-state index in [2.05, 4.69) is 172 Å². The molecule has 0 fully saturated rings. The number of pyridine rings is 3. The van der Waals surface area contributed by atoms with Crippen molar-refractivity contribution in [2.24, 2.45) is 0 Å². The van der Waals surface area contributed by atoms with Crippen molar-refractivity contribution in [3.63, 3.8) is 0 Å². The Morgan fingerprint density at radius 1 is 0.359 bits per heavy atom. The molecule has 3 aromatic heterocycles. The Kier molecular flexibility index (Phi) is 7.31. The first-order valence-electron chi connectivity index (χ1n) is 13.4. The summed E-state index contributed by atoms with van der Waals surface area (Å²) in [6.45, 7) is 1.77. The lowest BCUT2D eigenvalue weighted by molar-refractivity contribution is -0.688. The van der Waals surface area contributed by atoms with Crippen LogP contribution in [0.2, 0.25) is 0 Å². The fraction of sp³-hybridized carbons (Fsp3) is 0.0833. The van der Waals surface area contributed by atoms with Gasteiger partial charge in [-0.3, -0.25) is 0 Å². The molecule has 0 atom stereocenters. The smallest absolute Gasteiger partial charge is 0.201 e. The molecule has 0 radical (unpaired) electrons. The van der Waals surface area contributed by atoms with E-state index in [1.165, 1.54) is 33.4 Å². The van der Waals surface area contributed by atoms with Crippen LogP contribution in [0.5, 0.6) is 0 Å². The molecule has 3 aromatic carbocycles. The van der Waals surface area contributed by atoms with Crippen molar-refractivity contribution in [2.75, 3.05) is 0 Å². The van der Waals surface area contributed by atoms with Gasteiger partial charge in [-0.1, -0.05) is 72.8 Å². The predicted molar refractivity (Wildman–Crippen MR) is 154 cm³/mol. The highest BCUT2D eigenvalue weighted by molar-refractivity contribution is 5.61. The number of benzene rings is 3. The van der Waals surface area contributed by atoms with Gasteiger partial charge in [0.1, 0.15) is 0 Å². The second-order valence-corrected chi connectivity index (χ2v) is 9.95. The Morgan fingerprint density at radius 2 is 0.795 bits per heavy atom. The molecule has 0 aliphatic carbocycles. The van der Waals surface area contributed by atoms with Crippen LogP contribution < -0.4 is 13.7 Å². The van der Waals surface area contributed by atoms with Crippen molar-refractivity contribution in [2.45, 2.75) is 19.5 Å². The van der Waals surface area contributed by atoms with E-state index < -0.39 is 0 Å².